The van der Waals surface area contributed by atoms with Crippen LogP contribution < -0.4 is 0 Å². The standard InChI is InChI=1S/C7H6ClN4/c8-6-3-1-5(2-4-6)7-9-11-12-10-7/h1-4,8H,(H,9,10,11,12)/q+1. The number of nitrogens with zero attached hydrogens (tertiary/aromatic N) is 3. The van der Waals surface area contributed by atoms with Crippen LogP contribution in [0.1, 0.15) is 0 Å². The lowest BCUT2D eigenvalue weighted by Gasteiger charge is -1.89. The molecule has 0 amide bonds. The van der Waals surface area contributed by atoms with E-state index in [2.05, 4.69) is 20.6 Å². The number of H-pyrrole nitrogens is 1. The average molecular weight is 182 g/mol. The van der Waals surface area contributed by atoms with Crippen LogP contribution in [-0.4, -0.2) is 20.6 Å². The predicted octanol–water partition coefficient (Wildman–Crippen LogP) is 0.563. The Morgan fingerprint density at radius 3 is 2.50 bits per heavy atom. The molecule has 4 nitrogen and oxygen atoms in total. The van der Waals surface area contributed by atoms with E-state index in [1.807, 2.05) is 24.3 Å². The molecule has 0 unspecified atom stereocenters. The van der Waals surface area contributed by atoms with Crippen LogP contribution in [0.5, 0.6) is 0 Å². The second-order valence-corrected chi connectivity index (χ2v) is 2.73. The molecule has 0 aliphatic rings. The summed E-state index contributed by atoms with van der Waals surface area (Å²) in [6.07, 6.45) is 0. The third kappa shape index (κ3) is 1.29. The van der Waals surface area contributed by atoms with Crippen LogP contribution in [0.4, 0.5) is 0 Å². The number of halogens is 1. The van der Waals surface area contributed by atoms with Crippen molar-refractivity contribution in [2.24, 2.45) is 0 Å². The molecule has 0 spiro atoms. The summed E-state index contributed by atoms with van der Waals surface area (Å²) in [7, 11) is 0. The lowest BCUT2D eigenvalue weighted by molar-refractivity contribution is -0.288. The van der Waals surface area contributed by atoms with Crippen molar-refractivity contribution in [1.82, 2.24) is 20.6 Å². The molecule has 2 rings (SSSR count). The molecule has 12 heavy (non-hydrogen) atoms. The molecule has 1 N–H and O–H groups in total. The molecule has 0 saturated carbocycles. The molecular weight excluding hydrogens is 176 g/mol. The Morgan fingerprint density at radius 1 is 1.17 bits per heavy atom. The van der Waals surface area contributed by atoms with E-state index in [4.69, 9.17) is 11.6 Å². The molecule has 5 heteroatoms. The van der Waals surface area contributed by atoms with E-state index in [-0.39, 0.29) is 0 Å². The minimum atomic E-state index is 0.588. The summed E-state index contributed by atoms with van der Waals surface area (Å²) in [5, 5.41) is 14.3. The van der Waals surface area contributed by atoms with E-state index in [9.17, 15) is 0 Å². The summed E-state index contributed by atoms with van der Waals surface area (Å²) in [6, 6.07) is 7.41. The van der Waals surface area contributed by atoms with Gasteiger partial charge < -0.3 is 0 Å². The van der Waals surface area contributed by atoms with Gasteiger partial charge in [0, 0.05) is 17.7 Å². The van der Waals surface area contributed by atoms with Crippen LogP contribution in [0.25, 0.3) is 11.4 Å². The molecule has 0 aliphatic heterocycles. The molecule has 1 aromatic carbocycles. The zero-order valence-corrected chi connectivity index (χ0v) is 6.88. The molecule has 2 aromatic rings. The van der Waals surface area contributed by atoms with E-state index in [0.29, 0.717) is 5.82 Å². The summed E-state index contributed by atoms with van der Waals surface area (Å²) in [6.45, 7) is 0. The number of aromatic amines is 1. The van der Waals surface area contributed by atoms with E-state index < -0.39 is 0 Å². The zero-order valence-electron chi connectivity index (χ0n) is 6.06. The van der Waals surface area contributed by atoms with Crippen LogP contribution in [0.2, 0.25) is 5.02 Å². The van der Waals surface area contributed by atoms with Crippen LogP contribution in [-0.2, 0) is 0 Å². The highest BCUT2D eigenvalue weighted by Gasteiger charge is 2.02. The van der Waals surface area contributed by atoms with Crippen LogP contribution in [0, 0.1) is 11.6 Å². The van der Waals surface area contributed by atoms with Crippen LogP contribution in [0.15, 0.2) is 24.3 Å². The van der Waals surface area contributed by atoms with Crippen molar-refractivity contribution >= 4 is 0 Å². The fraction of sp³-hybridized carbons (Fsp3) is 0. The summed E-state index contributed by atoms with van der Waals surface area (Å²) in [4.78, 5) is 0. The van der Waals surface area contributed by atoms with Crippen molar-refractivity contribution in [3.63, 3.8) is 0 Å². The highest BCUT2D eigenvalue weighted by molar-refractivity contribution is 5.53. The highest BCUT2D eigenvalue weighted by atomic mass is 35.5. The van der Waals surface area contributed by atoms with Crippen molar-refractivity contribution in [2.75, 3.05) is 0 Å². The quantitative estimate of drug-likeness (QED) is 0.700. The van der Waals surface area contributed by atoms with Gasteiger partial charge in [-0.15, -0.1) is 10.2 Å². The van der Waals surface area contributed by atoms with E-state index in [1.165, 1.54) is 0 Å². The number of tetrazole rings is 1. The van der Waals surface area contributed by atoms with Gasteiger partial charge in [0.25, 0.3) is 0 Å². The number of nitrogens with one attached hydrogen (secondary N) is 1. The summed E-state index contributed by atoms with van der Waals surface area (Å²) in [5.41, 5.74) is 0.914. The Bertz CT molecular complexity index is 353. The van der Waals surface area contributed by atoms with Crippen molar-refractivity contribution in [3.8, 4) is 11.4 Å². The summed E-state index contributed by atoms with van der Waals surface area (Å²) >= 11 is 4.94. The van der Waals surface area contributed by atoms with Gasteiger partial charge in [-0.3, -0.25) is 0 Å². The van der Waals surface area contributed by atoms with Gasteiger partial charge in [0.2, 0.25) is 10.8 Å². The topological polar surface area (TPSA) is 54.5 Å². The van der Waals surface area contributed by atoms with Gasteiger partial charge >= 0.3 is 0 Å². The van der Waals surface area contributed by atoms with Gasteiger partial charge in [-0.2, -0.15) is 5.21 Å². The Hall–Kier alpha value is -1.42. The Morgan fingerprint density at radius 2 is 1.92 bits per heavy atom. The molecule has 1 aromatic heterocycles. The third-order valence-electron chi connectivity index (χ3n) is 1.46. The maximum Gasteiger partial charge on any atom is 0.225 e. The van der Waals surface area contributed by atoms with Gasteiger partial charge in [0.1, 0.15) is 0 Å². The van der Waals surface area contributed by atoms with E-state index >= 15 is 0 Å². The number of hydrogen-bond donors (Lipinski definition) is 1. The minimum Gasteiger partial charge on any atom is -0.177 e. The van der Waals surface area contributed by atoms with Gasteiger partial charge in [-0.05, 0) is 17.3 Å². The molecule has 0 bridgehead atoms. The molecule has 1 heterocycles. The second kappa shape index (κ2) is 2.91. The fourth-order valence-corrected chi connectivity index (χ4v) is 1.02. The summed E-state index contributed by atoms with van der Waals surface area (Å²) in [5.74, 6) is 0.588. The largest absolute Gasteiger partial charge is 0.225 e. The fourth-order valence-electron chi connectivity index (χ4n) is 0.888. The van der Waals surface area contributed by atoms with Gasteiger partial charge in [0.15, 0.2) is 11.6 Å². The molecule has 0 saturated heterocycles. The first-order chi connectivity index (χ1) is 5.86. The highest BCUT2D eigenvalue weighted by Crippen LogP contribution is 2.13. The average Bonchev–Trinajstić information content (AvgIpc) is 2.58. The monoisotopic (exact) mass is 181 g/mol. The van der Waals surface area contributed by atoms with Crippen LogP contribution in [0.3, 0.4) is 0 Å². The summed E-state index contributed by atoms with van der Waals surface area (Å²) < 4.78 is 0. The van der Waals surface area contributed by atoms with Gasteiger partial charge in [0.05, 0.1) is 0 Å². The van der Waals surface area contributed by atoms with Gasteiger partial charge in [-0.1, -0.05) is 0 Å². The molecule has 0 fully saturated rings. The van der Waals surface area contributed by atoms with E-state index in [0.717, 1.165) is 10.6 Å². The van der Waals surface area contributed by atoms with Crippen molar-refractivity contribution in [1.29, 1.82) is 0 Å². The maximum absolute atomic E-state index is 4.94. The van der Waals surface area contributed by atoms with Crippen molar-refractivity contribution in [2.45, 2.75) is 0 Å². The smallest absolute Gasteiger partial charge is 0.177 e. The number of hydrogen-bond acceptors (Lipinski definition) is 3. The lowest BCUT2D eigenvalue weighted by Crippen LogP contribution is -1.80. The van der Waals surface area contributed by atoms with Gasteiger partial charge in [-0.25, -0.2) is 0 Å². The Balaban J connectivity index is 2.43. The minimum absolute atomic E-state index is 0.588. The normalized spacial score (nSPS) is 10.1. The number of aromatic nitrogens is 4. The number of rotatable bonds is 1. The second-order valence-electron chi connectivity index (χ2n) is 2.26. The maximum atomic E-state index is 4.94. The first-order valence-corrected chi connectivity index (χ1v) is 3.78. The Kier molecular flexibility index (Phi) is 1.75. The molecule has 60 valence electrons. The number of benzene rings is 1. The zero-order chi connectivity index (χ0) is 8.39. The predicted molar refractivity (Wildman–Crippen MR) is 40.2 cm³/mol. The molecular formula is C7H6ClN4+. The first kappa shape index (κ1) is 7.24. The first-order valence-electron chi connectivity index (χ1n) is 3.37. The Labute approximate surface area is 73.6 Å². The lowest BCUT2D eigenvalue weighted by atomic mass is 10.2. The van der Waals surface area contributed by atoms with E-state index in [1.54, 1.807) is 0 Å². The molecule has 0 aliphatic carbocycles. The van der Waals surface area contributed by atoms with Crippen molar-refractivity contribution < 1.29 is 11.6 Å². The third-order valence-corrected chi connectivity index (χ3v) is 1.73. The van der Waals surface area contributed by atoms with Crippen LogP contribution >= 0.6 is 0 Å². The SMILES string of the molecule is [ClH+]c1ccc(-c2nn[nH]n2)cc1. The molecule has 0 atom stereocenters. The molecule has 0 radical (unpaired) electrons. The van der Waals surface area contributed by atoms with Crippen molar-refractivity contribution in [3.05, 3.63) is 29.3 Å².